The third-order valence-electron chi connectivity index (χ3n) is 5.78. The molecule has 2 aromatic heterocycles. The predicted molar refractivity (Wildman–Crippen MR) is 124 cm³/mol. The SMILES string of the molecule is COC(=O)c1ccc(CN2C(=O)N/C(=C\c3cc(C)n(-c4ccc(C(=O)O)cc4C)c3C)C2=O)o1. The number of methoxy groups -OCH3 is 1. The Balaban J connectivity index is 1.60. The topological polar surface area (TPSA) is 131 Å². The number of hydrogen-bond donors (Lipinski definition) is 2. The Hall–Kier alpha value is -4.60. The van der Waals surface area contributed by atoms with Gasteiger partial charge in [0.15, 0.2) is 0 Å². The van der Waals surface area contributed by atoms with Gasteiger partial charge in [0.05, 0.1) is 19.2 Å². The number of aryl methyl sites for hydroxylation is 2. The van der Waals surface area contributed by atoms with Gasteiger partial charge in [0.25, 0.3) is 5.91 Å². The summed E-state index contributed by atoms with van der Waals surface area (Å²) in [5.41, 5.74) is 4.32. The molecule has 3 aromatic rings. The number of nitrogens with one attached hydrogen (secondary N) is 1. The summed E-state index contributed by atoms with van der Waals surface area (Å²) in [4.78, 5) is 49.2. The number of ether oxygens (including phenoxy) is 1. The Bertz CT molecular complexity index is 1410. The molecule has 10 nitrogen and oxygen atoms in total. The van der Waals surface area contributed by atoms with Gasteiger partial charge in [-0.1, -0.05) is 0 Å². The molecule has 0 bridgehead atoms. The van der Waals surface area contributed by atoms with Crippen LogP contribution < -0.4 is 5.32 Å². The molecule has 0 unspecified atom stereocenters. The number of furan rings is 1. The Morgan fingerprint density at radius 2 is 1.86 bits per heavy atom. The molecule has 0 radical (unpaired) electrons. The summed E-state index contributed by atoms with van der Waals surface area (Å²) in [7, 11) is 1.22. The summed E-state index contributed by atoms with van der Waals surface area (Å²) >= 11 is 0. The Morgan fingerprint density at radius 1 is 1.11 bits per heavy atom. The van der Waals surface area contributed by atoms with Crippen LogP contribution in [0.4, 0.5) is 4.79 Å². The fourth-order valence-corrected chi connectivity index (χ4v) is 4.04. The fourth-order valence-electron chi connectivity index (χ4n) is 4.04. The van der Waals surface area contributed by atoms with Crippen LogP contribution in [0.2, 0.25) is 0 Å². The highest BCUT2D eigenvalue weighted by atomic mass is 16.5. The van der Waals surface area contributed by atoms with Gasteiger partial charge in [0, 0.05) is 17.1 Å². The van der Waals surface area contributed by atoms with Crippen molar-refractivity contribution in [2.75, 3.05) is 7.11 Å². The summed E-state index contributed by atoms with van der Waals surface area (Å²) in [6.07, 6.45) is 1.60. The Kier molecular flexibility index (Phi) is 6.04. The van der Waals surface area contributed by atoms with Crippen molar-refractivity contribution >= 4 is 30.0 Å². The monoisotopic (exact) mass is 477 g/mol. The second-order valence-corrected chi connectivity index (χ2v) is 8.11. The highest BCUT2D eigenvalue weighted by Gasteiger charge is 2.34. The molecule has 1 aliphatic heterocycles. The number of aromatic carboxylic acids is 1. The van der Waals surface area contributed by atoms with Crippen LogP contribution in [0.1, 0.15) is 49.2 Å². The molecule has 0 saturated carbocycles. The lowest BCUT2D eigenvalue weighted by Gasteiger charge is -2.13. The van der Waals surface area contributed by atoms with Gasteiger partial charge in [-0.05, 0) is 74.4 Å². The van der Waals surface area contributed by atoms with E-state index in [1.807, 2.05) is 31.4 Å². The van der Waals surface area contributed by atoms with Crippen LogP contribution in [0, 0.1) is 20.8 Å². The zero-order valence-electron chi connectivity index (χ0n) is 19.5. The van der Waals surface area contributed by atoms with Crippen LogP contribution in [0.25, 0.3) is 11.8 Å². The van der Waals surface area contributed by atoms with E-state index in [0.29, 0.717) is 0 Å². The second-order valence-electron chi connectivity index (χ2n) is 8.11. The van der Waals surface area contributed by atoms with Gasteiger partial charge in [-0.15, -0.1) is 0 Å². The molecule has 1 aliphatic rings. The van der Waals surface area contributed by atoms with E-state index in [4.69, 9.17) is 4.42 Å². The van der Waals surface area contributed by atoms with Crippen LogP contribution >= 0.6 is 0 Å². The van der Waals surface area contributed by atoms with E-state index < -0.39 is 23.9 Å². The molecular weight excluding hydrogens is 454 g/mol. The first-order valence-corrected chi connectivity index (χ1v) is 10.7. The number of benzene rings is 1. The standard InChI is InChI=1S/C25H23N3O7/c1-13-9-16(23(30)31)5-7-20(13)28-14(2)10-17(15(28)3)11-19-22(29)27(25(33)26-19)12-18-6-8-21(35-18)24(32)34-4/h5-11H,12H2,1-4H3,(H,26,33)(H,30,31)/b19-11-. The maximum absolute atomic E-state index is 12.9. The number of aromatic nitrogens is 1. The number of hydrogen-bond acceptors (Lipinski definition) is 6. The van der Waals surface area contributed by atoms with Crippen LogP contribution in [0.3, 0.4) is 0 Å². The average molecular weight is 477 g/mol. The summed E-state index contributed by atoms with van der Waals surface area (Å²) in [6, 6.07) is 9.08. The molecule has 0 aliphatic carbocycles. The molecule has 180 valence electrons. The number of esters is 1. The fraction of sp³-hybridized carbons (Fsp3) is 0.200. The first-order valence-electron chi connectivity index (χ1n) is 10.7. The van der Waals surface area contributed by atoms with E-state index in [1.165, 1.54) is 19.2 Å². The minimum absolute atomic E-state index is 0.0237. The summed E-state index contributed by atoms with van der Waals surface area (Å²) in [6.45, 7) is 5.46. The second kappa shape index (κ2) is 8.98. The zero-order chi connectivity index (χ0) is 25.4. The van der Waals surface area contributed by atoms with Crippen molar-refractivity contribution in [3.05, 3.63) is 81.7 Å². The molecule has 1 fully saturated rings. The van der Waals surface area contributed by atoms with Gasteiger partial charge in [0.1, 0.15) is 11.5 Å². The number of carbonyl (C=O) groups excluding carboxylic acids is 3. The van der Waals surface area contributed by atoms with Gasteiger partial charge < -0.3 is 24.1 Å². The zero-order valence-corrected chi connectivity index (χ0v) is 19.5. The third-order valence-corrected chi connectivity index (χ3v) is 5.78. The summed E-state index contributed by atoms with van der Waals surface area (Å²) < 4.78 is 11.9. The summed E-state index contributed by atoms with van der Waals surface area (Å²) in [5.74, 6) is -1.95. The molecule has 10 heteroatoms. The molecule has 1 saturated heterocycles. The van der Waals surface area contributed by atoms with Crippen LogP contribution in [-0.2, 0) is 16.1 Å². The number of rotatable bonds is 6. The molecule has 3 amide bonds. The van der Waals surface area contributed by atoms with E-state index in [-0.39, 0.29) is 29.3 Å². The number of urea groups is 1. The lowest BCUT2D eigenvalue weighted by atomic mass is 10.1. The number of imide groups is 1. The molecule has 2 N–H and O–H groups in total. The van der Waals surface area contributed by atoms with Crippen molar-refractivity contribution in [2.24, 2.45) is 0 Å². The minimum atomic E-state index is -0.998. The van der Waals surface area contributed by atoms with Gasteiger partial charge in [0.2, 0.25) is 5.76 Å². The number of carboxylic acid groups (broad SMARTS) is 1. The predicted octanol–water partition coefficient (Wildman–Crippen LogP) is 3.57. The van der Waals surface area contributed by atoms with E-state index in [9.17, 15) is 24.3 Å². The normalized spacial score (nSPS) is 14.5. The molecular formula is C25H23N3O7. The quantitative estimate of drug-likeness (QED) is 0.315. The van der Waals surface area contributed by atoms with Crippen molar-refractivity contribution in [3.8, 4) is 5.69 Å². The van der Waals surface area contributed by atoms with E-state index in [1.54, 1.807) is 24.3 Å². The molecule has 3 heterocycles. The van der Waals surface area contributed by atoms with Crippen LogP contribution in [-0.4, -0.2) is 45.6 Å². The highest BCUT2D eigenvalue weighted by molar-refractivity contribution is 6.14. The lowest BCUT2D eigenvalue weighted by Crippen LogP contribution is -2.30. The van der Waals surface area contributed by atoms with E-state index in [0.717, 1.165) is 33.1 Å². The largest absolute Gasteiger partial charge is 0.478 e. The van der Waals surface area contributed by atoms with Crippen molar-refractivity contribution in [3.63, 3.8) is 0 Å². The number of amides is 3. The van der Waals surface area contributed by atoms with Crippen molar-refractivity contribution < 1.29 is 33.4 Å². The minimum Gasteiger partial charge on any atom is -0.478 e. The van der Waals surface area contributed by atoms with Crippen molar-refractivity contribution in [2.45, 2.75) is 27.3 Å². The molecule has 1 aromatic carbocycles. The highest BCUT2D eigenvalue weighted by Crippen LogP contribution is 2.27. The maximum Gasteiger partial charge on any atom is 0.373 e. The smallest absolute Gasteiger partial charge is 0.373 e. The van der Waals surface area contributed by atoms with Crippen LogP contribution in [0.15, 0.2) is 46.5 Å². The van der Waals surface area contributed by atoms with Gasteiger partial charge >= 0.3 is 18.0 Å². The average Bonchev–Trinajstić information content (AvgIpc) is 3.47. The molecule has 0 spiro atoms. The molecule has 0 atom stereocenters. The van der Waals surface area contributed by atoms with E-state index in [2.05, 4.69) is 10.1 Å². The number of nitrogens with zero attached hydrogens (tertiary/aromatic N) is 2. The third kappa shape index (κ3) is 4.33. The first-order chi connectivity index (χ1) is 16.6. The summed E-state index contributed by atoms with van der Waals surface area (Å²) in [5, 5.41) is 11.8. The number of carbonyl (C=O) groups is 4. The Morgan fingerprint density at radius 3 is 2.51 bits per heavy atom. The van der Waals surface area contributed by atoms with Crippen LogP contribution in [0.5, 0.6) is 0 Å². The molecule has 4 rings (SSSR count). The maximum atomic E-state index is 12.9. The number of carboxylic acids is 1. The van der Waals surface area contributed by atoms with Crippen molar-refractivity contribution in [1.29, 1.82) is 0 Å². The van der Waals surface area contributed by atoms with Gasteiger partial charge in [-0.25, -0.2) is 14.4 Å². The Labute approximate surface area is 200 Å². The van der Waals surface area contributed by atoms with Gasteiger partial charge in [-0.3, -0.25) is 9.69 Å². The first kappa shape index (κ1) is 23.6. The van der Waals surface area contributed by atoms with E-state index >= 15 is 0 Å². The molecule has 35 heavy (non-hydrogen) atoms. The van der Waals surface area contributed by atoms with Crippen molar-refractivity contribution in [1.82, 2.24) is 14.8 Å². The lowest BCUT2D eigenvalue weighted by molar-refractivity contribution is -0.123. The van der Waals surface area contributed by atoms with Gasteiger partial charge in [-0.2, -0.15) is 0 Å².